The Hall–Kier alpha value is -2.21. The minimum Gasteiger partial charge on any atom is -0.379 e. The smallest absolute Gasteiger partial charge is 0.146 e. The molecule has 0 radical (unpaired) electrons. The number of aromatic nitrogens is 1. The fraction of sp³-hybridized carbons (Fsp3) is 0.286. The summed E-state index contributed by atoms with van der Waals surface area (Å²) in [6.45, 7) is 6.27. The highest BCUT2D eigenvalue weighted by Crippen LogP contribution is 2.31. The number of hydrogen-bond acceptors (Lipinski definition) is 4. The van der Waals surface area contributed by atoms with Gasteiger partial charge in [-0.05, 0) is 41.6 Å². The first-order valence-electron chi connectivity index (χ1n) is 9.01. The fourth-order valence-electron chi connectivity index (χ4n) is 3.51. The number of aryl methyl sites for hydroxylation is 1. The van der Waals surface area contributed by atoms with Gasteiger partial charge >= 0.3 is 0 Å². The molecule has 0 aliphatic carbocycles. The molecule has 140 valence electrons. The molecule has 2 heterocycles. The molecule has 3 aromatic rings. The number of nitrogens with zero attached hydrogens (tertiary/aromatic N) is 2. The first kappa shape index (κ1) is 18.2. The number of pyridine rings is 1. The molecule has 0 unspecified atom stereocenters. The second-order valence-electron chi connectivity index (χ2n) is 6.77. The van der Waals surface area contributed by atoms with Crippen LogP contribution in [0.2, 0.25) is 5.02 Å². The van der Waals surface area contributed by atoms with Gasteiger partial charge in [-0.2, -0.15) is 0 Å². The number of fused-ring (bicyclic) bond motifs is 1. The molecular formula is C21H21ClFN3O. The van der Waals surface area contributed by atoms with Crippen molar-refractivity contribution in [2.45, 2.75) is 13.5 Å². The number of rotatable bonds is 4. The molecule has 2 aromatic carbocycles. The summed E-state index contributed by atoms with van der Waals surface area (Å²) < 4.78 is 19.6. The Balaban J connectivity index is 1.73. The maximum atomic E-state index is 14.2. The average Bonchev–Trinajstić information content (AvgIpc) is 2.67. The lowest BCUT2D eigenvalue weighted by atomic mass is 10.0. The zero-order chi connectivity index (χ0) is 18.8. The molecule has 1 aromatic heterocycles. The highest BCUT2D eigenvalue weighted by Gasteiger charge is 2.16. The molecule has 0 spiro atoms. The maximum absolute atomic E-state index is 14.2. The van der Waals surface area contributed by atoms with Gasteiger partial charge in [-0.1, -0.05) is 29.8 Å². The van der Waals surface area contributed by atoms with Gasteiger partial charge in [-0.3, -0.25) is 4.90 Å². The van der Waals surface area contributed by atoms with E-state index in [0.717, 1.165) is 43.6 Å². The molecule has 0 bridgehead atoms. The van der Waals surface area contributed by atoms with E-state index in [1.165, 1.54) is 23.3 Å². The third-order valence-electron chi connectivity index (χ3n) is 4.88. The quantitative estimate of drug-likeness (QED) is 0.692. The summed E-state index contributed by atoms with van der Waals surface area (Å²) in [4.78, 5) is 6.97. The van der Waals surface area contributed by atoms with Crippen LogP contribution in [0.4, 0.5) is 15.9 Å². The van der Waals surface area contributed by atoms with Gasteiger partial charge in [-0.25, -0.2) is 9.37 Å². The Bertz CT molecular complexity index is 973. The maximum Gasteiger partial charge on any atom is 0.146 e. The van der Waals surface area contributed by atoms with Crippen LogP contribution >= 0.6 is 11.6 Å². The molecule has 0 saturated carbocycles. The monoisotopic (exact) mass is 385 g/mol. The van der Waals surface area contributed by atoms with Crippen LogP contribution < -0.4 is 5.32 Å². The SMILES string of the molecule is Cc1cccc2c(Nc3cc(Cl)ccc3F)ncc(CN3CCOCC3)c12. The van der Waals surface area contributed by atoms with Crippen molar-refractivity contribution in [3.05, 3.63) is 64.6 Å². The van der Waals surface area contributed by atoms with Gasteiger partial charge < -0.3 is 10.1 Å². The van der Waals surface area contributed by atoms with Crippen molar-refractivity contribution in [2.24, 2.45) is 0 Å². The van der Waals surface area contributed by atoms with Crippen LogP contribution in [0.25, 0.3) is 10.8 Å². The van der Waals surface area contributed by atoms with E-state index in [4.69, 9.17) is 16.3 Å². The lowest BCUT2D eigenvalue weighted by Gasteiger charge is -2.27. The summed E-state index contributed by atoms with van der Waals surface area (Å²) in [6.07, 6.45) is 1.88. The number of benzene rings is 2. The Morgan fingerprint density at radius 3 is 2.85 bits per heavy atom. The van der Waals surface area contributed by atoms with E-state index >= 15 is 0 Å². The highest BCUT2D eigenvalue weighted by atomic mass is 35.5. The molecule has 1 aliphatic heterocycles. The first-order valence-corrected chi connectivity index (χ1v) is 9.39. The predicted molar refractivity (Wildman–Crippen MR) is 107 cm³/mol. The van der Waals surface area contributed by atoms with Crippen LogP contribution in [0.15, 0.2) is 42.6 Å². The van der Waals surface area contributed by atoms with E-state index in [2.05, 4.69) is 28.2 Å². The Kier molecular flexibility index (Phi) is 5.25. The summed E-state index contributed by atoms with van der Waals surface area (Å²) in [5.41, 5.74) is 2.66. The van der Waals surface area contributed by atoms with E-state index in [1.807, 2.05) is 18.3 Å². The summed E-state index contributed by atoms with van der Waals surface area (Å²) >= 11 is 6.02. The van der Waals surface area contributed by atoms with Gasteiger partial charge in [0.2, 0.25) is 0 Å². The summed E-state index contributed by atoms with van der Waals surface area (Å²) in [6, 6.07) is 10.6. The standard InChI is InChI=1S/C21H21ClFN3O/c1-14-3-2-4-17-20(14)15(13-26-7-9-27-10-8-26)12-24-21(17)25-19-11-16(22)5-6-18(19)23/h2-6,11-12H,7-10,13H2,1H3,(H,24,25). The summed E-state index contributed by atoms with van der Waals surface area (Å²) in [7, 11) is 0. The summed E-state index contributed by atoms with van der Waals surface area (Å²) in [5, 5.41) is 5.71. The summed E-state index contributed by atoms with van der Waals surface area (Å²) in [5.74, 6) is 0.264. The van der Waals surface area contributed by atoms with E-state index < -0.39 is 0 Å². The number of hydrogen-bond donors (Lipinski definition) is 1. The number of halogens is 2. The van der Waals surface area contributed by atoms with Gasteiger partial charge in [0.15, 0.2) is 0 Å². The molecule has 4 nitrogen and oxygen atoms in total. The molecule has 1 saturated heterocycles. The molecule has 1 aliphatic rings. The van der Waals surface area contributed by atoms with Crippen LogP contribution in [-0.2, 0) is 11.3 Å². The Morgan fingerprint density at radius 2 is 2.04 bits per heavy atom. The number of ether oxygens (including phenoxy) is 1. The molecule has 4 rings (SSSR count). The molecular weight excluding hydrogens is 365 g/mol. The van der Waals surface area contributed by atoms with Crippen LogP contribution in [0.5, 0.6) is 0 Å². The molecule has 0 amide bonds. The van der Waals surface area contributed by atoms with Gasteiger partial charge in [0.05, 0.1) is 18.9 Å². The Labute approximate surface area is 162 Å². The number of anilines is 2. The molecule has 27 heavy (non-hydrogen) atoms. The van der Waals surface area contributed by atoms with Crippen LogP contribution in [0.3, 0.4) is 0 Å². The van der Waals surface area contributed by atoms with Crippen molar-refractivity contribution in [3.8, 4) is 0 Å². The minimum atomic E-state index is -0.362. The number of nitrogens with one attached hydrogen (secondary N) is 1. The van der Waals surface area contributed by atoms with E-state index in [-0.39, 0.29) is 5.82 Å². The second-order valence-corrected chi connectivity index (χ2v) is 7.20. The topological polar surface area (TPSA) is 37.4 Å². The third kappa shape index (κ3) is 3.90. The van der Waals surface area contributed by atoms with E-state index in [9.17, 15) is 4.39 Å². The Morgan fingerprint density at radius 1 is 1.22 bits per heavy atom. The van der Waals surface area contributed by atoms with Crippen LogP contribution in [0, 0.1) is 12.7 Å². The zero-order valence-electron chi connectivity index (χ0n) is 15.1. The molecule has 1 fully saturated rings. The predicted octanol–water partition coefficient (Wildman–Crippen LogP) is 4.91. The minimum absolute atomic E-state index is 0.318. The highest BCUT2D eigenvalue weighted by molar-refractivity contribution is 6.30. The average molecular weight is 386 g/mol. The van der Waals surface area contributed by atoms with E-state index in [0.29, 0.717) is 16.5 Å². The van der Waals surface area contributed by atoms with E-state index in [1.54, 1.807) is 6.07 Å². The van der Waals surface area contributed by atoms with Gasteiger partial charge in [-0.15, -0.1) is 0 Å². The van der Waals surface area contributed by atoms with Crippen molar-refractivity contribution >= 4 is 33.9 Å². The van der Waals surface area contributed by atoms with Crippen LogP contribution in [-0.4, -0.2) is 36.2 Å². The molecule has 0 atom stereocenters. The normalized spacial score (nSPS) is 15.2. The zero-order valence-corrected chi connectivity index (χ0v) is 15.9. The fourth-order valence-corrected chi connectivity index (χ4v) is 3.68. The third-order valence-corrected chi connectivity index (χ3v) is 5.11. The van der Waals surface area contributed by atoms with Crippen molar-refractivity contribution in [1.29, 1.82) is 0 Å². The molecule has 6 heteroatoms. The van der Waals surface area contributed by atoms with Gasteiger partial charge in [0, 0.05) is 36.2 Å². The van der Waals surface area contributed by atoms with Gasteiger partial charge in [0.1, 0.15) is 11.6 Å². The number of morpholine rings is 1. The van der Waals surface area contributed by atoms with Crippen molar-refractivity contribution in [1.82, 2.24) is 9.88 Å². The van der Waals surface area contributed by atoms with Crippen molar-refractivity contribution < 1.29 is 9.13 Å². The van der Waals surface area contributed by atoms with Gasteiger partial charge in [0.25, 0.3) is 0 Å². The van der Waals surface area contributed by atoms with Crippen LogP contribution in [0.1, 0.15) is 11.1 Å². The van der Waals surface area contributed by atoms with Crippen molar-refractivity contribution in [2.75, 3.05) is 31.6 Å². The largest absolute Gasteiger partial charge is 0.379 e. The second kappa shape index (κ2) is 7.80. The lowest BCUT2D eigenvalue weighted by Crippen LogP contribution is -2.35. The lowest BCUT2D eigenvalue weighted by molar-refractivity contribution is 0.0343. The van der Waals surface area contributed by atoms with Crippen molar-refractivity contribution in [3.63, 3.8) is 0 Å². The molecule has 1 N–H and O–H groups in total. The first-order chi connectivity index (χ1) is 13.1.